The fourth-order valence-corrected chi connectivity index (χ4v) is 4.50. The highest BCUT2D eigenvalue weighted by Gasteiger charge is 2.37. The maximum Gasteiger partial charge on any atom is 0.332 e. The number of hydrogen-bond acceptors (Lipinski definition) is 5. The number of fused-ring (bicyclic) bond motifs is 1. The SMILES string of the molecule is Cn1c(N2CC[C@H](NC3CCC(C)(C)c4occc43)C2)cc(=O)n(C)c1=O. The molecule has 7 nitrogen and oxygen atoms in total. The Hall–Kier alpha value is -2.28. The fourth-order valence-electron chi connectivity index (χ4n) is 4.50. The van der Waals surface area contributed by atoms with E-state index in [1.165, 1.54) is 12.6 Å². The van der Waals surface area contributed by atoms with Crippen LogP contribution in [0.3, 0.4) is 0 Å². The second-order valence-electron chi connectivity index (χ2n) is 8.52. The van der Waals surface area contributed by atoms with Crippen LogP contribution < -0.4 is 21.5 Å². The lowest BCUT2D eigenvalue weighted by atomic mass is 9.75. The summed E-state index contributed by atoms with van der Waals surface area (Å²) in [5.74, 6) is 1.79. The summed E-state index contributed by atoms with van der Waals surface area (Å²) in [5, 5.41) is 3.79. The van der Waals surface area contributed by atoms with Crippen molar-refractivity contribution in [2.24, 2.45) is 14.1 Å². The molecule has 7 heteroatoms. The lowest BCUT2D eigenvalue weighted by Gasteiger charge is -2.35. The van der Waals surface area contributed by atoms with Gasteiger partial charge in [0.1, 0.15) is 11.6 Å². The molecule has 2 aromatic rings. The zero-order chi connectivity index (χ0) is 19.3. The van der Waals surface area contributed by atoms with Crippen LogP contribution in [0.5, 0.6) is 0 Å². The summed E-state index contributed by atoms with van der Waals surface area (Å²) in [6.07, 6.45) is 4.95. The zero-order valence-corrected chi connectivity index (χ0v) is 16.5. The molecule has 0 aromatic carbocycles. The quantitative estimate of drug-likeness (QED) is 0.887. The number of hydrogen-bond donors (Lipinski definition) is 1. The number of rotatable bonds is 3. The molecule has 2 aromatic heterocycles. The Bertz CT molecular complexity index is 968. The second kappa shape index (κ2) is 6.41. The Morgan fingerprint density at radius 3 is 2.74 bits per heavy atom. The Morgan fingerprint density at radius 1 is 1.19 bits per heavy atom. The molecule has 146 valence electrons. The fraction of sp³-hybridized carbons (Fsp3) is 0.600. The van der Waals surface area contributed by atoms with Crippen molar-refractivity contribution in [3.63, 3.8) is 0 Å². The van der Waals surface area contributed by atoms with E-state index in [0.29, 0.717) is 17.9 Å². The highest BCUT2D eigenvalue weighted by atomic mass is 16.3. The standard InChI is InChI=1S/C20H28N4O3/c1-20(2)8-5-15(14-7-10-27-18(14)20)21-13-6-9-24(12-13)16-11-17(25)23(4)19(26)22(16)3/h7,10-11,13,15,21H,5-6,8-9,12H2,1-4H3/t13-,15?/m0/s1. The first-order chi connectivity index (χ1) is 12.8. The highest BCUT2D eigenvalue weighted by Crippen LogP contribution is 2.42. The van der Waals surface area contributed by atoms with Gasteiger partial charge in [-0.3, -0.25) is 13.9 Å². The molecule has 27 heavy (non-hydrogen) atoms. The van der Waals surface area contributed by atoms with Gasteiger partial charge in [0.25, 0.3) is 5.56 Å². The molecular formula is C20H28N4O3. The summed E-state index contributed by atoms with van der Waals surface area (Å²) < 4.78 is 8.48. The average Bonchev–Trinajstić information content (AvgIpc) is 3.29. The van der Waals surface area contributed by atoms with Crippen LogP contribution in [0.15, 0.2) is 32.4 Å². The van der Waals surface area contributed by atoms with Gasteiger partial charge in [-0.1, -0.05) is 13.8 Å². The van der Waals surface area contributed by atoms with E-state index in [2.05, 4.69) is 30.1 Å². The summed E-state index contributed by atoms with van der Waals surface area (Å²) in [6.45, 7) is 6.08. The average molecular weight is 372 g/mol. The molecule has 0 radical (unpaired) electrons. The minimum atomic E-state index is -0.286. The van der Waals surface area contributed by atoms with Gasteiger partial charge in [-0.15, -0.1) is 0 Å². The van der Waals surface area contributed by atoms with Crippen LogP contribution in [0.1, 0.15) is 50.5 Å². The zero-order valence-electron chi connectivity index (χ0n) is 16.5. The number of nitrogens with zero attached hydrogens (tertiary/aromatic N) is 3. The van der Waals surface area contributed by atoms with E-state index in [9.17, 15) is 9.59 Å². The van der Waals surface area contributed by atoms with Crippen molar-refractivity contribution in [2.45, 2.75) is 50.6 Å². The molecule has 2 atom stereocenters. The molecule has 1 aliphatic heterocycles. The van der Waals surface area contributed by atoms with E-state index >= 15 is 0 Å². The van der Waals surface area contributed by atoms with Crippen molar-refractivity contribution < 1.29 is 4.42 Å². The first kappa shape index (κ1) is 18.1. The van der Waals surface area contributed by atoms with Crippen LogP contribution in [-0.2, 0) is 19.5 Å². The van der Waals surface area contributed by atoms with Gasteiger partial charge in [-0.05, 0) is 25.3 Å². The van der Waals surface area contributed by atoms with Gasteiger partial charge in [0.05, 0.1) is 6.26 Å². The predicted octanol–water partition coefficient (Wildman–Crippen LogP) is 1.66. The molecule has 0 amide bonds. The van der Waals surface area contributed by atoms with Gasteiger partial charge in [-0.2, -0.15) is 0 Å². The van der Waals surface area contributed by atoms with Crippen LogP contribution in [0.2, 0.25) is 0 Å². The summed E-state index contributed by atoms with van der Waals surface area (Å²) in [4.78, 5) is 26.4. The van der Waals surface area contributed by atoms with Crippen molar-refractivity contribution in [2.75, 3.05) is 18.0 Å². The predicted molar refractivity (Wildman–Crippen MR) is 104 cm³/mol. The van der Waals surface area contributed by atoms with E-state index in [1.807, 2.05) is 0 Å². The first-order valence-corrected chi connectivity index (χ1v) is 9.64. The second-order valence-corrected chi connectivity index (χ2v) is 8.52. The van der Waals surface area contributed by atoms with Gasteiger partial charge < -0.3 is 14.6 Å². The van der Waals surface area contributed by atoms with Crippen molar-refractivity contribution in [1.82, 2.24) is 14.5 Å². The van der Waals surface area contributed by atoms with Crippen LogP contribution in [0.25, 0.3) is 0 Å². The maximum atomic E-state index is 12.2. The smallest absolute Gasteiger partial charge is 0.332 e. The normalized spacial score (nSPS) is 24.2. The molecule has 1 fully saturated rings. The lowest BCUT2D eigenvalue weighted by molar-refractivity contribution is 0.287. The Kier molecular flexibility index (Phi) is 4.29. The number of aromatic nitrogens is 2. The lowest BCUT2D eigenvalue weighted by Crippen LogP contribution is -2.41. The molecule has 1 N–H and O–H groups in total. The Balaban J connectivity index is 1.51. The van der Waals surface area contributed by atoms with Gasteiger partial charge in [0.2, 0.25) is 0 Å². The van der Waals surface area contributed by atoms with E-state index in [1.54, 1.807) is 23.9 Å². The van der Waals surface area contributed by atoms with Gasteiger partial charge >= 0.3 is 5.69 Å². The van der Waals surface area contributed by atoms with Crippen LogP contribution in [-0.4, -0.2) is 28.3 Å². The topological polar surface area (TPSA) is 72.4 Å². The molecule has 3 heterocycles. The Labute approximate surface area is 158 Å². The molecule has 1 aliphatic carbocycles. The third kappa shape index (κ3) is 3.04. The molecule has 2 aliphatic rings. The maximum absolute atomic E-state index is 12.2. The van der Waals surface area contributed by atoms with Gasteiger partial charge in [-0.25, -0.2) is 4.79 Å². The summed E-state index contributed by atoms with van der Waals surface area (Å²) >= 11 is 0. The number of furan rings is 1. The molecule has 0 saturated carbocycles. The third-order valence-corrected chi connectivity index (χ3v) is 6.19. The van der Waals surface area contributed by atoms with Crippen molar-refractivity contribution in [3.8, 4) is 0 Å². The number of anilines is 1. The van der Waals surface area contributed by atoms with Crippen molar-refractivity contribution in [3.05, 3.63) is 50.6 Å². The van der Waals surface area contributed by atoms with Crippen LogP contribution in [0, 0.1) is 0 Å². The summed E-state index contributed by atoms with van der Waals surface area (Å²) in [6, 6.07) is 4.26. The van der Waals surface area contributed by atoms with E-state index in [4.69, 9.17) is 4.42 Å². The minimum absolute atomic E-state index is 0.0844. The molecule has 1 unspecified atom stereocenters. The minimum Gasteiger partial charge on any atom is -0.468 e. The largest absolute Gasteiger partial charge is 0.468 e. The summed E-state index contributed by atoms with van der Waals surface area (Å²) in [5.41, 5.74) is 0.806. The summed E-state index contributed by atoms with van der Waals surface area (Å²) in [7, 11) is 3.23. The molecule has 0 spiro atoms. The Morgan fingerprint density at radius 2 is 1.96 bits per heavy atom. The van der Waals surface area contributed by atoms with Crippen LogP contribution in [0.4, 0.5) is 5.82 Å². The van der Waals surface area contributed by atoms with E-state index in [0.717, 1.165) is 42.7 Å². The van der Waals surface area contributed by atoms with Crippen molar-refractivity contribution >= 4 is 5.82 Å². The number of nitrogens with one attached hydrogen (secondary N) is 1. The third-order valence-electron chi connectivity index (χ3n) is 6.19. The first-order valence-electron chi connectivity index (χ1n) is 9.64. The van der Waals surface area contributed by atoms with Crippen molar-refractivity contribution in [1.29, 1.82) is 0 Å². The molecule has 4 rings (SSSR count). The van der Waals surface area contributed by atoms with E-state index < -0.39 is 0 Å². The molecule has 0 bridgehead atoms. The monoisotopic (exact) mass is 372 g/mol. The molecular weight excluding hydrogens is 344 g/mol. The van der Waals surface area contributed by atoms with Crippen LogP contribution >= 0.6 is 0 Å². The van der Waals surface area contributed by atoms with Gasteiger partial charge in [0.15, 0.2) is 0 Å². The highest BCUT2D eigenvalue weighted by molar-refractivity contribution is 5.40. The van der Waals surface area contributed by atoms with E-state index in [-0.39, 0.29) is 16.7 Å². The molecule has 1 saturated heterocycles. The van der Waals surface area contributed by atoms with Gasteiger partial charge in [0, 0.05) is 56.3 Å².